The van der Waals surface area contributed by atoms with Gasteiger partial charge in [0.25, 0.3) is 0 Å². The van der Waals surface area contributed by atoms with E-state index in [4.69, 9.17) is 5.73 Å². The van der Waals surface area contributed by atoms with Gasteiger partial charge < -0.3 is 5.73 Å². The maximum Gasteiger partial charge on any atom is 0.0393 e. The smallest absolute Gasteiger partial charge is 0.0393 e. The number of rotatable bonds is 2. The van der Waals surface area contributed by atoms with Crippen molar-refractivity contribution in [3.63, 3.8) is 0 Å². The van der Waals surface area contributed by atoms with Gasteiger partial charge in [-0.15, -0.1) is 0 Å². The largest absolute Gasteiger partial charge is 0.398 e. The standard InChI is InChI=1S/C19H17N/c1-14-11-12-16(15-7-3-2-4-8-15)18(13-14)17-9-5-6-10-19(17)20/h2-13H,20H2,1H3. The third-order valence-corrected chi connectivity index (χ3v) is 3.51. The van der Waals surface area contributed by atoms with Gasteiger partial charge in [0.1, 0.15) is 0 Å². The monoisotopic (exact) mass is 259 g/mol. The van der Waals surface area contributed by atoms with E-state index in [-0.39, 0.29) is 0 Å². The summed E-state index contributed by atoms with van der Waals surface area (Å²) in [5.74, 6) is 0. The molecule has 98 valence electrons. The molecule has 0 bridgehead atoms. The average molecular weight is 259 g/mol. The molecular formula is C19H17N. The highest BCUT2D eigenvalue weighted by molar-refractivity contribution is 5.88. The Morgan fingerprint density at radius 3 is 2.10 bits per heavy atom. The second-order valence-corrected chi connectivity index (χ2v) is 5.00. The van der Waals surface area contributed by atoms with Crippen LogP contribution in [0.15, 0.2) is 72.8 Å². The highest BCUT2D eigenvalue weighted by Crippen LogP contribution is 2.35. The Kier molecular flexibility index (Phi) is 3.26. The Labute approximate surface area is 119 Å². The van der Waals surface area contributed by atoms with E-state index in [1.165, 1.54) is 22.3 Å². The number of anilines is 1. The second-order valence-electron chi connectivity index (χ2n) is 5.00. The number of nitrogens with two attached hydrogens (primary N) is 1. The summed E-state index contributed by atoms with van der Waals surface area (Å²) in [6.45, 7) is 2.11. The van der Waals surface area contributed by atoms with Gasteiger partial charge in [0.2, 0.25) is 0 Å². The number of hydrogen-bond acceptors (Lipinski definition) is 1. The van der Waals surface area contributed by atoms with Gasteiger partial charge in [0.15, 0.2) is 0 Å². The van der Waals surface area contributed by atoms with Gasteiger partial charge in [-0.05, 0) is 29.7 Å². The van der Waals surface area contributed by atoms with E-state index < -0.39 is 0 Å². The summed E-state index contributed by atoms with van der Waals surface area (Å²) in [6.07, 6.45) is 0. The summed E-state index contributed by atoms with van der Waals surface area (Å²) in [4.78, 5) is 0. The van der Waals surface area contributed by atoms with Crippen LogP contribution in [-0.2, 0) is 0 Å². The quantitative estimate of drug-likeness (QED) is 0.650. The van der Waals surface area contributed by atoms with E-state index in [2.05, 4.69) is 55.5 Å². The zero-order chi connectivity index (χ0) is 13.9. The first kappa shape index (κ1) is 12.5. The molecule has 0 atom stereocenters. The molecule has 0 amide bonds. The maximum atomic E-state index is 6.15. The summed E-state index contributed by atoms with van der Waals surface area (Å²) in [7, 11) is 0. The van der Waals surface area contributed by atoms with Crippen LogP contribution in [0.4, 0.5) is 5.69 Å². The second kappa shape index (κ2) is 5.22. The van der Waals surface area contributed by atoms with Crippen molar-refractivity contribution in [2.24, 2.45) is 0 Å². The van der Waals surface area contributed by atoms with Gasteiger partial charge in [-0.3, -0.25) is 0 Å². The first-order valence-electron chi connectivity index (χ1n) is 6.76. The molecule has 0 aliphatic heterocycles. The molecule has 0 aromatic heterocycles. The van der Waals surface area contributed by atoms with E-state index >= 15 is 0 Å². The number of aryl methyl sites for hydroxylation is 1. The average Bonchev–Trinajstić information content (AvgIpc) is 2.48. The van der Waals surface area contributed by atoms with Crippen molar-refractivity contribution in [3.8, 4) is 22.3 Å². The van der Waals surface area contributed by atoms with E-state index in [9.17, 15) is 0 Å². The van der Waals surface area contributed by atoms with Crippen LogP contribution in [-0.4, -0.2) is 0 Å². The lowest BCUT2D eigenvalue weighted by Gasteiger charge is -2.13. The summed E-state index contributed by atoms with van der Waals surface area (Å²) in [5.41, 5.74) is 12.9. The Morgan fingerprint density at radius 1 is 0.650 bits per heavy atom. The highest BCUT2D eigenvalue weighted by atomic mass is 14.6. The van der Waals surface area contributed by atoms with Gasteiger partial charge >= 0.3 is 0 Å². The van der Waals surface area contributed by atoms with Crippen LogP contribution < -0.4 is 5.73 Å². The fourth-order valence-electron chi connectivity index (χ4n) is 2.49. The van der Waals surface area contributed by atoms with Crippen LogP contribution >= 0.6 is 0 Å². The molecule has 3 aromatic rings. The highest BCUT2D eigenvalue weighted by Gasteiger charge is 2.09. The summed E-state index contributed by atoms with van der Waals surface area (Å²) >= 11 is 0. The zero-order valence-corrected chi connectivity index (χ0v) is 11.5. The molecule has 0 unspecified atom stereocenters. The Bertz CT molecular complexity index is 730. The van der Waals surface area contributed by atoms with Crippen LogP contribution in [0, 0.1) is 6.92 Å². The van der Waals surface area contributed by atoms with E-state index in [0.717, 1.165) is 11.3 Å². The van der Waals surface area contributed by atoms with Gasteiger partial charge in [-0.1, -0.05) is 72.3 Å². The molecule has 3 rings (SSSR count). The lowest BCUT2D eigenvalue weighted by Crippen LogP contribution is -1.92. The minimum Gasteiger partial charge on any atom is -0.398 e. The molecule has 1 nitrogen and oxygen atoms in total. The normalized spacial score (nSPS) is 10.4. The summed E-state index contributed by atoms with van der Waals surface area (Å²) < 4.78 is 0. The van der Waals surface area contributed by atoms with Crippen molar-refractivity contribution >= 4 is 5.69 Å². The van der Waals surface area contributed by atoms with Crippen LogP contribution in [0.2, 0.25) is 0 Å². The van der Waals surface area contributed by atoms with Crippen LogP contribution in [0.1, 0.15) is 5.56 Å². The van der Waals surface area contributed by atoms with Gasteiger partial charge in [0, 0.05) is 11.3 Å². The van der Waals surface area contributed by atoms with Crippen molar-refractivity contribution in [1.82, 2.24) is 0 Å². The van der Waals surface area contributed by atoms with E-state index in [0.29, 0.717) is 0 Å². The first-order valence-corrected chi connectivity index (χ1v) is 6.76. The Balaban J connectivity index is 2.25. The predicted octanol–water partition coefficient (Wildman–Crippen LogP) is 4.91. The molecule has 0 fully saturated rings. The third-order valence-electron chi connectivity index (χ3n) is 3.51. The lowest BCUT2D eigenvalue weighted by molar-refractivity contribution is 1.46. The van der Waals surface area contributed by atoms with Crippen molar-refractivity contribution < 1.29 is 0 Å². The Morgan fingerprint density at radius 2 is 1.35 bits per heavy atom. The molecule has 0 spiro atoms. The maximum absolute atomic E-state index is 6.15. The van der Waals surface area contributed by atoms with Gasteiger partial charge in [-0.2, -0.15) is 0 Å². The third kappa shape index (κ3) is 2.30. The van der Waals surface area contributed by atoms with Crippen LogP contribution in [0.5, 0.6) is 0 Å². The topological polar surface area (TPSA) is 26.0 Å². The molecule has 0 saturated heterocycles. The molecule has 20 heavy (non-hydrogen) atoms. The molecule has 0 heterocycles. The molecule has 0 radical (unpaired) electrons. The van der Waals surface area contributed by atoms with E-state index in [1.54, 1.807) is 0 Å². The van der Waals surface area contributed by atoms with Crippen molar-refractivity contribution in [2.45, 2.75) is 6.92 Å². The molecule has 3 aromatic carbocycles. The summed E-state index contributed by atoms with van der Waals surface area (Å²) in [5, 5.41) is 0. The summed E-state index contributed by atoms with van der Waals surface area (Å²) in [6, 6.07) is 25.0. The van der Waals surface area contributed by atoms with Crippen molar-refractivity contribution in [3.05, 3.63) is 78.4 Å². The molecular weight excluding hydrogens is 242 g/mol. The van der Waals surface area contributed by atoms with Crippen molar-refractivity contribution in [1.29, 1.82) is 0 Å². The fraction of sp³-hybridized carbons (Fsp3) is 0.0526. The Hall–Kier alpha value is -2.54. The number of benzene rings is 3. The minimum absolute atomic E-state index is 0.815. The first-order chi connectivity index (χ1) is 9.75. The predicted molar refractivity (Wildman–Crippen MR) is 86.5 cm³/mol. The molecule has 0 aliphatic carbocycles. The van der Waals surface area contributed by atoms with Crippen molar-refractivity contribution in [2.75, 3.05) is 5.73 Å². The lowest BCUT2D eigenvalue weighted by atomic mass is 9.92. The molecule has 0 saturated carbocycles. The van der Waals surface area contributed by atoms with Gasteiger partial charge in [-0.25, -0.2) is 0 Å². The number of nitrogen functional groups attached to an aromatic ring is 1. The molecule has 1 heteroatoms. The molecule has 0 aliphatic rings. The van der Waals surface area contributed by atoms with Crippen LogP contribution in [0.25, 0.3) is 22.3 Å². The van der Waals surface area contributed by atoms with E-state index in [1.807, 2.05) is 24.3 Å². The molecule has 2 N–H and O–H groups in total. The SMILES string of the molecule is Cc1ccc(-c2ccccc2)c(-c2ccccc2N)c1. The number of hydrogen-bond donors (Lipinski definition) is 1. The minimum atomic E-state index is 0.815. The van der Waals surface area contributed by atoms with Gasteiger partial charge in [0.05, 0.1) is 0 Å². The fourth-order valence-corrected chi connectivity index (χ4v) is 2.49. The van der Waals surface area contributed by atoms with Crippen LogP contribution in [0.3, 0.4) is 0 Å². The zero-order valence-electron chi connectivity index (χ0n) is 11.5. The number of para-hydroxylation sites is 1.